The van der Waals surface area contributed by atoms with Crippen molar-refractivity contribution in [2.24, 2.45) is 0 Å². The molecule has 0 aliphatic rings. The molecule has 2 rings (SSSR count). The Bertz CT molecular complexity index is 617. The second kappa shape index (κ2) is 8.09. The normalized spacial score (nSPS) is 10.3. The number of benzene rings is 1. The van der Waals surface area contributed by atoms with Crippen molar-refractivity contribution in [3.63, 3.8) is 0 Å². The largest absolute Gasteiger partial charge is 0.383 e. The number of rotatable bonds is 7. The van der Waals surface area contributed by atoms with Crippen LogP contribution >= 0.6 is 0 Å². The molecular weight excluding hydrogens is 285 g/mol. The van der Waals surface area contributed by atoms with E-state index in [2.05, 4.69) is 15.6 Å². The molecule has 1 heterocycles. The predicted octanol–water partition coefficient (Wildman–Crippen LogP) is 2.21. The van der Waals surface area contributed by atoms with Gasteiger partial charge in [0.2, 0.25) is 0 Å². The second-order valence-electron chi connectivity index (χ2n) is 4.63. The van der Waals surface area contributed by atoms with Crippen LogP contribution in [0.15, 0.2) is 42.6 Å². The summed E-state index contributed by atoms with van der Waals surface area (Å²) in [6.07, 6.45) is 1.58. The summed E-state index contributed by atoms with van der Waals surface area (Å²) in [5, 5.41) is 5.75. The van der Waals surface area contributed by atoms with Gasteiger partial charge in [0.15, 0.2) is 0 Å². The molecule has 0 saturated carbocycles. The minimum atomic E-state index is -0.341. The maximum atomic E-state index is 13.5. The summed E-state index contributed by atoms with van der Waals surface area (Å²) in [5.41, 5.74) is 1.53. The molecule has 0 atom stereocenters. The van der Waals surface area contributed by atoms with E-state index in [9.17, 15) is 9.18 Å². The Labute approximate surface area is 128 Å². The van der Waals surface area contributed by atoms with Gasteiger partial charge in [-0.3, -0.25) is 4.79 Å². The number of aromatic nitrogens is 1. The van der Waals surface area contributed by atoms with Crippen molar-refractivity contribution in [3.05, 3.63) is 59.7 Å². The highest BCUT2D eigenvalue weighted by molar-refractivity contribution is 5.92. The van der Waals surface area contributed by atoms with Crippen LogP contribution in [0.25, 0.3) is 0 Å². The van der Waals surface area contributed by atoms with Crippen LogP contribution in [-0.4, -0.2) is 31.2 Å². The zero-order chi connectivity index (χ0) is 15.8. The van der Waals surface area contributed by atoms with Gasteiger partial charge in [0.25, 0.3) is 5.91 Å². The van der Waals surface area contributed by atoms with Gasteiger partial charge in [0.1, 0.15) is 11.5 Å². The lowest BCUT2D eigenvalue weighted by atomic mass is 10.2. The van der Waals surface area contributed by atoms with Gasteiger partial charge in [0.05, 0.1) is 18.5 Å². The number of ether oxygens (including phenoxy) is 1. The number of methoxy groups -OCH3 is 1. The first kappa shape index (κ1) is 15.9. The molecule has 1 amide bonds. The molecular formula is C16H18FN3O2. The summed E-state index contributed by atoms with van der Waals surface area (Å²) in [6.45, 7) is 1.38. The standard InChI is InChI=1S/C16H18FN3O2/c1-22-9-8-18-13-6-7-15(19-11-13)16(21)20-10-12-4-2-3-5-14(12)17/h2-7,11,18H,8-10H2,1H3,(H,20,21). The Morgan fingerprint density at radius 3 is 2.77 bits per heavy atom. The van der Waals surface area contributed by atoms with Crippen molar-refractivity contribution < 1.29 is 13.9 Å². The van der Waals surface area contributed by atoms with E-state index in [1.165, 1.54) is 6.07 Å². The van der Waals surface area contributed by atoms with Crippen molar-refractivity contribution in [1.29, 1.82) is 0 Å². The number of anilines is 1. The maximum absolute atomic E-state index is 13.5. The van der Waals surface area contributed by atoms with Gasteiger partial charge in [0, 0.05) is 25.8 Å². The second-order valence-corrected chi connectivity index (χ2v) is 4.63. The molecule has 0 fully saturated rings. The number of carbonyl (C=O) groups excluding carboxylic acids is 1. The molecule has 1 aromatic heterocycles. The number of hydrogen-bond donors (Lipinski definition) is 2. The van der Waals surface area contributed by atoms with Crippen molar-refractivity contribution in [3.8, 4) is 0 Å². The molecule has 116 valence electrons. The minimum absolute atomic E-state index is 0.126. The van der Waals surface area contributed by atoms with Crippen LogP contribution in [0.2, 0.25) is 0 Å². The van der Waals surface area contributed by atoms with E-state index in [0.717, 1.165) is 5.69 Å². The number of nitrogens with zero attached hydrogens (tertiary/aromatic N) is 1. The first-order valence-electron chi connectivity index (χ1n) is 6.91. The lowest BCUT2D eigenvalue weighted by Crippen LogP contribution is -2.24. The fraction of sp³-hybridized carbons (Fsp3) is 0.250. The number of hydrogen-bond acceptors (Lipinski definition) is 4. The van der Waals surface area contributed by atoms with Crippen LogP contribution in [0, 0.1) is 5.82 Å². The molecule has 1 aromatic carbocycles. The Morgan fingerprint density at radius 2 is 2.09 bits per heavy atom. The Kier molecular flexibility index (Phi) is 5.85. The molecule has 0 spiro atoms. The zero-order valence-corrected chi connectivity index (χ0v) is 12.3. The van der Waals surface area contributed by atoms with E-state index in [4.69, 9.17) is 4.74 Å². The Morgan fingerprint density at radius 1 is 1.27 bits per heavy atom. The van der Waals surface area contributed by atoms with Crippen molar-refractivity contribution in [2.75, 3.05) is 25.6 Å². The third-order valence-corrected chi connectivity index (χ3v) is 3.03. The molecule has 0 radical (unpaired) electrons. The van der Waals surface area contributed by atoms with Gasteiger partial charge < -0.3 is 15.4 Å². The van der Waals surface area contributed by atoms with Gasteiger partial charge in [-0.05, 0) is 18.2 Å². The van der Waals surface area contributed by atoms with Gasteiger partial charge in [-0.15, -0.1) is 0 Å². The van der Waals surface area contributed by atoms with Crippen LogP contribution < -0.4 is 10.6 Å². The molecule has 0 aliphatic carbocycles. The van der Waals surface area contributed by atoms with E-state index in [1.54, 1.807) is 43.6 Å². The van der Waals surface area contributed by atoms with Crippen molar-refractivity contribution in [2.45, 2.75) is 6.54 Å². The number of amides is 1. The molecule has 2 aromatic rings. The first-order chi connectivity index (χ1) is 10.7. The van der Waals surface area contributed by atoms with E-state index in [-0.39, 0.29) is 24.0 Å². The van der Waals surface area contributed by atoms with Gasteiger partial charge in [-0.1, -0.05) is 18.2 Å². The van der Waals surface area contributed by atoms with E-state index < -0.39 is 0 Å². The van der Waals surface area contributed by atoms with E-state index in [1.807, 2.05) is 0 Å². The third kappa shape index (κ3) is 4.53. The Hall–Kier alpha value is -2.47. The monoisotopic (exact) mass is 303 g/mol. The zero-order valence-electron chi connectivity index (χ0n) is 12.3. The van der Waals surface area contributed by atoms with Gasteiger partial charge >= 0.3 is 0 Å². The van der Waals surface area contributed by atoms with Gasteiger partial charge in [-0.25, -0.2) is 9.37 Å². The van der Waals surface area contributed by atoms with Crippen molar-refractivity contribution in [1.82, 2.24) is 10.3 Å². The van der Waals surface area contributed by atoms with Gasteiger partial charge in [-0.2, -0.15) is 0 Å². The predicted molar refractivity (Wildman–Crippen MR) is 82.2 cm³/mol. The average Bonchev–Trinajstić information content (AvgIpc) is 2.55. The third-order valence-electron chi connectivity index (χ3n) is 3.03. The lowest BCUT2D eigenvalue weighted by molar-refractivity contribution is 0.0945. The first-order valence-corrected chi connectivity index (χ1v) is 6.91. The molecule has 2 N–H and O–H groups in total. The lowest BCUT2D eigenvalue weighted by Gasteiger charge is -2.07. The summed E-state index contributed by atoms with van der Waals surface area (Å²) >= 11 is 0. The SMILES string of the molecule is COCCNc1ccc(C(=O)NCc2ccccc2F)nc1. The summed E-state index contributed by atoms with van der Waals surface area (Å²) < 4.78 is 18.4. The number of halogens is 1. The highest BCUT2D eigenvalue weighted by Gasteiger charge is 2.08. The average molecular weight is 303 g/mol. The van der Waals surface area contributed by atoms with Crippen molar-refractivity contribution >= 4 is 11.6 Å². The molecule has 0 aliphatic heterocycles. The summed E-state index contributed by atoms with van der Waals surface area (Å²) in [7, 11) is 1.63. The number of carbonyl (C=O) groups is 1. The van der Waals surface area contributed by atoms with Crippen LogP contribution in [0.3, 0.4) is 0 Å². The van der Waals surface area contributed by atoms with Crippen LogP contribution in [0.1, 0.15) is 16.1 Å². The van der Waals surface area contributed by atoms with Crippen LogP contribution in [-0.2, 0) is 11.3 Å². The van der Waals surface area contributed by atoms with E-state index >= 15 is 0 Å². The minimum Gasteiger partial charge on any atom is -0.383 e. The van der Waals surface area contributed by atoms with Crippen LogP contribution in [0.5, 0.6) is 0 Å². The fourth-order valence-corrected chi connectivity index (χ4v) is 1.84. The molecule has 0 unspecified atom stereocenters. The number of nitrogens with one attached hydrogen (secondary N) is 2. The maximum Gasteiger partial charge on any atom is 0.270 e. The van der Waals surface area contributed by atoms with Crippen LogP contribution in [0.4, 0.5) is 10.1 Å². The Balaban J connectivity index is 1.88. The smallest absolute Gasteiger partial charge is 0.270 e. The summed E-state index contributed by atoms with van der Waals surface area (Å²) in [6, 6.07) is 9.71. The summed E-state index contributed by atoms with van der Waals surface area (Å²) in [5.74, 6) is -0.680. The molecule has 0 saturated heterocycles. The topological polar surface area (TPSA) is 63.2 Å². The quantitative estimate of drug-likeness (QED) is 0.770. The van der Waals surface area contributed by atoms with E-state index in [0.29, 0.717) is 18.7 Å². The fourth-order valence-electron chi connectivity index (χ4n) is 1.84. The number of pyridine rings is 1. The molecule has 22 heavy (non-hydrogen) atoms. The summed E-state index contributed by atoms with van der Waals surface area (Å²) in [4.78, 5) is 16.0. The molecule has 0 bridgehead atoms. The highest BCUT2D eigenvalue weighted by atomic mass is 19.1. The molecule has 6 heteroatoms. The molecule has 5 nitrogen and oxygen atoms in total. The highest BCUT2D eigenvalue weighted by Crippen LogP contribution is 2.08.